The van der Waals surface area contributed by atoms with Crippen LogP contribution in [0.1, 0.15) is 18.4 Å². The van der Waals surface area contributed by atoms with E-state index in [0.717, 1.165) is 31.6 Å². The number of amides is 1. The van der Waals surface area contributed by atoms with Crippen LogP contribution in [0.4, 0.5) is 15.8 Å². The summed E-state index contributed by atoms with van der Waals surface area (Å²) >= 11 is 0. The van der Waals surface area contributed by atoms with E-state index in [1.807, 2.05) is 12.1 Å². The Morgan fingerprint density at radius 1 is 1.18 bits per heavy atom. The smallest absolute Gasteiger partial charge is 0.258 e. The van der Waals surface area contributed by atoms with E-state index in [1.54, 1.807) is 24.1 Å². The number of carbonyl (C=O) groups is 1. The average Bonchev–Trinajstić information content (AvgIpc) is 2.85. The minimum atomic E-state index is -0.412. The van der Waals surface area contributed by atoms with Crippen LogP contribution in [0.15, 0.2) is 63.4 Å². The van der Waals surface area contributed by atoms with Gasteiger partial charge in [-0.25, -0.2) is 4.39 Å². The molecular weight excluding hydrogens is 435 g/mol. The third-order valence-corrected chi connectivity index (χ3v) is 6.19. The Labute approximate surface area is 196 Å². The van der Waals surface area contributed by atoms with Crippen LogP contribution in [0.5, 0.6) is 0 Å². The summed E-state index contributed by atoms with van der Waals surface area (Å²) in [5.74, 6) is 5.26. The molecule has 0 atom stereocenters. The Kier molecular flexibility index (Phi) is 6.83. The number of H-pyrrole nitrogens is 1. The van der Waals surface area contributed by atoms with Crippen LogP contribution in [0, 0.1) is 11.7 Å². The van der Waals surface area contributed by atoms with Crippen LogP contribution in [-0.2, 0) is 4.79 Å². The number of aliphatic imine (C=N–C) groups is 1. The van der Waals surface area contributed by atoms with Gasteiger partial charge in [0.05, 0.1) is 17.5 Å². The normalized spacial score (nSPS) is 15.8. The van der Waals surface area contributed by atoms with E-state index in [9.17, 15) is 14.0 Å². The molecule has 9 heteroatoms. The van der Waals surface area contributed by atoms with Gasteiger partial charge in [0.15, 0.2) is 0 Å². The first-order chi connectivity index (χ1) is 16.4. The molecule has 0 unspecified atom stereocenters. The molecule has 176 valence electrons. The number of fused-ring (bicyclic) bond motifs is 1. The highest BCUT2D eigenvalue weighted by Crippen LogP contribution is 2.24. The van der Waals surface area contributed by atoms with E-state index in [-0.39, 0.29) is 23.1 Å². The maximum Gasteiger partial charge on any atom is 0.258 e. The van der Waals surface area contributed by atoms with E-state index in [4.69, 9.17) is 5.84 Å². The molecule has 1 saturated heterocycles. The molecule has 1 fully saturated rings. The number of carbonyl (C=O) groups excluding carboxylic acids is 1. The molecular formula is C25H27FN6O2. The minimum Gasteiger partial charge on any atom is -0.323 e. The third kappa shape index (κ3) is 5.04. The number of nitrogens with two attached hydrogens (primary N) is 1. The lowest BCUT2D eigenvalue weighted by molar-refractivity contribution is -0.123. The molecule has 4 rings (SSSR count). The molecule has 2 aromatic carbocycles. The number of hydrogen-bond acceptors (Lipinski definition) is 6. The molecule has 0 aliphatic carbocycles. The van der Waals surface area contributed by atoms with Crippen molar-refractivity contribution in [2.45, 2.75) is 12.8 Å². The van der Waals surface area contributed by atoms with Crippen LogP contribution in [-0.4, -0.2) is 54.9 Å². The Bertz CT molecular complexity index is 1310. The summed E-state index contributed by atoms with van der Waals surface area (Å²) in [6.07, 6.45) is 3.12. The van der Waals surface area contributed by atoms with Gasteiger partial charge in [0.25, 0.3) is 5.56 Å². The fraction of sp³-hybridized carbons (Fsp3) is 0.280. The second-order valence-corrected chi connectivity index (χ2v) is 8.51. The number of nitrogens with zero attached hydrogens (tertiary/aromatic N) is 4. The topological polar surface area (TPSA) is 107 Å². The number of aromatic amines is 1. The predicted molar refractivity (Wildman–Crippen MR) is 133 cm³/mol. The van der Waals surface area contributed by atoms with Gasteiger partial charge in [-0.1, -0.05) is 0 Å². The van der Waals surface area contributed by atoms with Gasteiger partial charge >= 0.3 is 0 Å². The maximum atomic E-state index is 13.6. The highest BCUT2D eigenvalue weighted by molar-refractivity contribution is 6.38. The standard InChI is InChI=1S/C25H27FN6O2/c1-31-11-9-16(10-12-31)25(34)32(2)20-6-4-19(5-7-20)28-15-23(30-27)21-14-17-13-18(26)3-8-22(17)29-24(21)33/h3-8,13-16H,9-12,27H2,1-2H3,(H,29,33). The van der Waals surface area contributed by atoms with Crippen LogP contribution in [0.25, 0.3) is 10.9 Å². The number of piperidine rings is 1. The number of nitrogens with one attached hydrogen (secondary N) is 1. The number of hydrazone groups is 1. The van der Waals surface area contributed by atoms with E-state index >= 15 is 0 Å². The lowest BCUT2D eigenvalue weighted by Crippen LogP contribution is -2.39. The summed E-state index contributed by atoms with van der Waals surface area (Å²) in [7, 11) is 3.85. The summed E-state index contributed by atoms with van der Waals surface area (Å²) in [5.41, 5.74) is 1.84. The van der Waals surface area contributed by atoms with Crippen molar-refractivity contribution in [2.75, 3.05) is 32.1 Å². The number of likely N-dealkylation sites (tertiary alicyclic amines) is 1. The molecule has 3 N–H and O–H groups in total. The predicted octanol–water partition coefficient (Wildman–Crippen LogP) is 3.04. The van der Waals surface area contributed by atoms with Crippen LogP contribution < -0.4 is 16.3 Å². The van der Waals surface area contributed by atoms with Crippen molar-refractivity contribution in [3.05, 3.63) is 70.3 Å². The fourth-order valence-electron chi connectivity index (χ4n) is 4.09. The summed E-state index contributed by atoms with van der Waals surface area (Å²) in [4.78, 5) is 36.3. The van der Waals surface area contributed by atoms with Crippen molar-refractivity contribution in [1.29, 1.82) is 0 Å². The van der Waals surface area contributed by atoms with Gasteiger partial charge in [-0.15, -0.1) is 0 Å². The first kappa shape index (κ1) is 23.3. The number of pyridine rings is 1. The van der Waals surface area contributed by atoms with Crippen molar-refractivity contribution in [3.8, 4) is 0 Å². The molecule has 3 aromatic rings. The Morgan fingerprint density at radius 3 is 2.56 bits per heavy atom. The highest BCUT2D eigenvalue weighted by atomic mass is 19.1. The largest absolute Gasteiger partial charge is 0.323 e. The summed E-state index contributed by atoms with van der Waals surface area (Å²) in [5, 5.41) is 4.21. The Balaban J connectivity index is 1.49. The first-order valence-electron chi connectivity index (χ1n) is 11.1. The lowest BCUT2D eigenvalue weighted by Gasteiger charge is -2.31. The molecule has 0 bridgehead atoms. The summed E-state index contributed by atoms with van der Waals surface area (Å²) in [6.45, 7) is 1.86. The minimum absolute atomic E-state index is 0.0377. The Morgan fingerprint density at radius 2 is 1.88 bits per heavy atom. The van der Waals surface area contributed by atoms with Gasteiger partial charge in [0, 0.05) is 29.6 Å². The quantitative estimate of drug-likeness (QED) is 0.345. The van der Waals surface area contributed by atoms with Gasteiger partial charge in [0.2, 0.25) is 5.91 Å². The third-order valence-electron chi connectivity index (χ3n) is 6.19. The second-order valence-electron chi connectivity index (χ2n) is 8.51. The van der Waals surface area contributed by atoms with Gasteiger partial charge in [-0.05, 0) is 81.5 Å². The zero-order chi connectivity index (χ0) is 24.2. The number of rotatable bonds is 5. The van der Waals surface area contributed by atoms with Crippen LogP contribution in [0.3, 0.4) is 0 Å². The van der Waals surface area contributed by atoms with Gasteiger partial charge in [-0.3, -0.25) is 14.6 Å². The van der Waals surface area contributed by atoms with Crippen LogP contribution in [0.2, 0.25) is 0 Å². The Hall–Kier alpha value is -3.85. The van der Waals surface area contributed by atoms with Crippen molar-refractivity contribution in [1.82, 2.24) is 9.88 Å². The first-order valence-corrected chi connectivity index (χ1v) is 11.1. The zero-order valence-electron chi connectivity index (χ0n) is 19.2. The molecule has 0 radical (unpaired) electrons. The number of halogens is 1. The van der Waals surface area contributed by atoms with Crippen LogP contribution >= 0.6 is 0 Å². The number of benzene rings is 2. The number of hydrogen-bond donors (Lipinski definition) is 2. The number of aromatic nitrogens is 1. The second kappa shape index (κ2) is 9.96. The summed E-state index contributed by atoms with van der Waals surface area (Å²) in [6, 6.07) is 12.8. The van der Waals surface area contributed by atoms with E-state index < -0.39 is 11.4 Å². The lowest BCUT2D eigenvalue weighted by atomic mass is 9.95. The SMILES string of the molecule is CN1CCC(C(=O)N(C)c2ccc(N=CC(=NN)c3cc4cc(F)ccc4[nH]c3=O)cc2)CC1. The summed E-state index contributed by atoms with van der Waals surface area (Å²) < 4.78 is 13.6. The molecule has 1 aliphatic rings. The van der Waals surface area contributed by atoms with Crippen molar-refractivity contribution < 1.29 is 9.18 Å². The highest BCUT2D eigenvalue weighted by Gasteiger charge is 2.26. The van der Waals surface area contributed by atoms with Crippen molar-refractivity contribution >= 4 is 40.1 Å². The van der Waals surface area contributed by atoms with Gasteiger partial charge in [0.1, 0.15) is 11.5 Å². The number of anilines is 1. The van der Waals surface area contributed by atoms with E-state index in [0.29, 0.717) is 16.6 Å². The maximum absolute atomic E-state index is 13.6. The molecule has 1 amide bonds. The van der Waals surface area contributed by atoms with Gasteiger partial charge in [-0.2, -0.15) is 5.10 Å². The fourth-order valence-corrected chi connectivity index (χ4v) is 4.09. The van der Waals surface area contributed by atoms with Crippen molar-refractivity contribution in [2.24, 2.45) is 21.9 Å². The van der Waals surface area contributed by atoms with Crippen molar-refractivity contribution in [3.63, 3.8) is 0 Å². The molecule has 1 aromatic heterocycles. The molecule has 8 nitrogen and oxygen atoms in total. The zero-order valence-corrected chi connectivity index (χ0v) is 19.2. The van der Waals surface area contributed by atoms with E-state index in [1.165, 1.54) is 30.5 Å². The molecule has 1 aliphatic heterocycles. The molecule has 2 heterocycles. The average molecular weight is 463 g/mol. The molecule has 34 heavy (non-hydrogen) atoms. The van der Waals surface area contributed by atoms with Gasteiger partial charge < -0.3 is 20.6 Å². The molecule has 0 saturated carbocycles. The molecule has 0 spiro atoms. The van der Waals surface area contributed by atoms with E-state index in [2.05, 4.69) is 27.0 Å². The monoisotopic (exact) mass is 462 g/mol.